The Hall–Kier alpha value is -2.44. The highest BCUT2D eigenvalue weighted by atomic mass is 19.1. The predicted octanol–water partition coefficient (Wildman–Crippen LogP) is 3.12. The molecule has 0 bridgehead atoms. The van der Waals surface area contributed by atoms with Crippen LogP contribution in [-0.4, -0.2) is 41.3 Å². The number of hydrogen-bond acceptors (Lipinski definition) is 5. The van der Waals surface area contributed by atoms with Crippen LogP contribution in [0.1, 0.15) is 27.7 Å². The summed E-state index contributed by atoms with van der Waals surface area (Å²) in [5, 5.41) is 3.36. The number of rotatable bonds is 4. The maximum atomic E-state index is 13.5. The number of alkyl carbamates (subject to hydrolysis) is 1. The van der Waals surface area contributed by atoms with Gasteiger partial charge in [0, 0.05) is 25.0 Å². The molecule has 2 aromatic rings. The fourth-order valence-corrected chi connectivity index (χ4v) is 2.19. The molecule has 1 N–H and O–H groups in total. The minimum atomic E-state index is -0.542. The number of fused-ring (bicyclic) bond motifs is 1. The molecule has 130 valence electrons. The second-order valence-electron chi connectivity index (χ2n) is 6.70. The van der Waals surface area contributed by atoms with Gasteiger partial charge >= 0.3 is 6.09 Å². The van der Waals surface area contributed by atoms with Crippen molar-refractivity contribution in [3.05, 3.63) is 30.3 Å². The lowest BCUT2D eigenvalue weighted by atomic mass is 10.2. The van der Waals surface area contributed by atoms with Gasteiger partial charge in [0.15, 0.2) is 0 Å². The van der Waals surface area contributed by atoms with Gasteiger partial charge in [0.25, 0.3) is 0 Å². The molecule has 0 aliphatic carbocycles. The lowest BCUT2D eigenvalue weighted by molar-refractivity contribution is 0.0525. The van der Waals surface area contributed by atoms with Crippen LogP contribution in [0.15, 0.2) is 24.5 Å². The zero-order valence-electron chi connectivity index (χ0n) is 14.6. The molecule has 6 nitrogen and oxygen atoms in total. The summed E-state index contributed by atoms with van der Waals surface area (Å²) in [6.45, 7) is 7.73. The molecule has 0 aliphatic rings. The van der Waals surface area contributed by atoms with Crippen LogP contribution in [0.2, 0.25) is 0 Å². The van der Waals surface area contributed by atoms with Crippen molar-refractivity contribution in [2.24, 2.45) is 0 Å². The Morgan fingerprint density at radius 3 is 2.75 bits per heavy atom. The molecule has 2 rings (SSSR count). The fraction of sp³-hybridized carbons (Fsp3) is 0.471. The van der Waals surface area contributed by atoms with Crippen molar-refractivity contribution < 1.29 is 13.9 Å². The number of anilines is 1. The van der Waals surface area contributed by atoms with Crippen LogP contribution in [-0.2, 0) is 4.74 Å². The Morgan fingerprint density at radius 2 is 2.08 bits per heavy atom. The van der Waals surface area contributed by atoms with Crippen LogP contribution in [0.4, 0.5) is 15.0 Å². The molecule has 0 spiro atoms. The molecule has 0 radical (unpaired) electrons. The van der Waals surface area contributed by atoms with Gasteiger partial charge < -0.3 is 15.0 Å². The van der Waals surface area contributed by atoms with Crippen molar-refractivity contribution in [2.45, 2.75) is 39.3 Å². The van der Waals surface area contributed by atoms with E-state index in [4.69, 9.17) is 4.74 Å². The third-order valence-corrected chi connectivity index (χ3v) is 3.51. The highest BCUT2D eigenvalue weighted by molar-refractivity contribution is 5.89. The zero-order chi connectivity index (χ0) is 17.9. The van der Waals surface area contributed by atoms with Gasteiger partial charge in [-0.05, 0) is 45.9 Å². The molecule has 1 heterocycles. The summed E-state index contributed by atoms with van der Waals surface area (Å²) in [4.78, 5) is 22.0. The Labute approximate surface area is 141 Å². The molecule has 0 fully saturated rings. The number of likely N-dealkylation sites (N-methyl/N-ethyl adjacent to an activating group) is 1. The van der Waals surface area contributed by atoms with Gasteiger partial charge in [-0.3, -0.25) is 0 Å². The molecule has 1 atom stereocenters. The van der Waals surface area contributed by atoms with Gasteiger partial charge in [-0.25, -0.2) is 19.2 Å². The van der Waals surface area contributed by atoms with Gasteiger partial charge in [-0.15, -0.1) is 0 Å². The van der Waals surface area contributed by atoms with Crippen LogP contribution in [0.5, 0.6) is 0 Å². The van der Waals surface area contributed by atoms with Crippen molar-refractivity contribution >= 4 is 22.8 Å². The molecule has 1 unspecified atom stereocenters. The number of benzene rings is 1. The van der Waals surface area contributed by atoms with Crippen molar-refractivity contribution in [3.63, 3.8) is 0 Å². The zero-order valence-corrected chi connectivity index (χ0v) is 14.6. The van der Waals surface area contributed by atoms with Gasteiger partial charge in [0.2, 0.25) is 0 Å². The number of nitrogens with zero attached hydrogens (tertiary/aromatic N) is 3. The summed E-state index contributed by atoms with van der Waals surface area (Å²) in [5.41, 5.74) is 0.125. The van der Waals surface area contributed by atoms with Gasteiger partial charge in [0.05, 0.1) is 5.52 Å². The number of halogens is 1. The van der Waals surface area contributed by atoms with E-state index in [-0.39, 0.29) is 11.9 Å². The predicted molar refractivity (Wildman–Crippen MR) is 91.6 cm³/mol. The van der Waals surface area contributed by atoms with Crippen molar-refractivity contribution in [2.75, 3.05) is 18.5 Å². The third kappa shape index (κ3) is 4.53. The first-order chi connectivity index (χ1) is 11.2. The molecular weight excluding hydrogens is 311 g/mol. The average molecular weight is 334 g/mol. The maximum absolute atomic E-state index is 13.5. The van der Waals surface area contributed by atoms with Crippen molar-refractivity contribution in [1.82, 2.24) is 15.3 Å². The second-order valence-corrected chi connectivity index (χ2v) is 6.70. The minimum Gasteiger partial charge on any atom is -0.444 e. The van der Waals surface area contributed by atoms with E-state index in [1.807, 2.05) is 39.6 Å². The number of aromatic nitrogens is 2. The molecule has 0 saturated carbocycles. The van der Waals surface area contributed by atoms with E-state index in [1.54, 1.807) is 6.07 Å². The van der Waals surface area contributed by atoms with Crippen LogP contribution in [0, 0.1) is 5.82 Å². The highest BCUT2D eigenvalue weighted by Crippen LogP contribution is 2.24. The lowest BCUT2D eigenvalue weighted by Crippen LogP contribution is -2.42. The summed E-state index contributed by atoms with van der Waals surface area (Å²) in [6, 6.07) is 4.33. The topological polar surface area (TPSA) is 67.3 Å². The first-order valence-electron chi connectivity index (χ1n) is 7.77. The Bertz CT molecular complexity index is 730. The normalized spacial score (nSPS) is 12.8. The Kier molecular flexibility index (Phi) is 5.21. The van der Waals surface area contributed by atoms with Crippen molar-refractivity contribution in [1.29, 1.82) is 0 Å². The van der Waals surface area contributed by atoms with Crippen molar-refractivity contribution in [3.8, 4) is 0 Å². The number of amides is 1. The maximum Gasteiger partial charge on any atom is 0.407 e. The van der Waals surface area contributed by atoms with E-state index in [1.165, 1.54) is 18.5 Å². The standard InChI is InChI=1S/C17H23FN4O2/c1-11(9-19-16(23)24-17(2,3)4)22(5)15-13-8-12(18)6-7-14(13)20-10-21-15/h6-8,10-11H,9H2,1-5H3,(H,19,23). The molecule has 7 heteroatoms. The monoisotopic (exact) mass is 334 g/mol. The number of carbonyl (C=O) groups is 1. The first-order valence-corrected chi connectivity index (χ1v) is 7.77. The lowest BCUT2D eigenvalue weighted by Gasteiger charge is -2.27. The summed E-state index contributed by atoms with van der Waals surface area (Å²) < 4.78 is 18.8. The summed E-state index contributed by atoms with van der Waals surface area (Å²) in [5.74, 6) is 0.268. The van der Waals surface area contributed by atoms with E-state index in [2.05, 4.69) is 15.3 Å². The van der Waals surface area contributed by atoms with Crippen LogP contribution in [0.25, 0.3) is 10.9 Å². The highest BCUT2D eigenvalue weighted by Gasteiger charge is 2.19. The largest absolute Gasteiger partial charge is 0.444 e. The van der Waals surface area contributed by atoms with Gasteiger partial charge in [-0.1, -0.05) is 0 Å². The number of hydrogen-bond donors (Lipinski definition) is 1. The van der Waals surface area contributed by atoms with E-state index in [9.17, 15) is 9.18 Å². The van der Waals surface area contributed by atoms with Crippen LogP contribution >= 0.6 is 0 Å². The van der Waals surface area contributed by atoms with E-state index in [0.717, 1.165) is 0 Å². The minimum absolute atomic E-state index is 0.0705. The molecule has 1 aromatic carbocycles. The SMILES string of the molecule is CC(CNC(=O)OC(C)(C)C)N(C)c1ncnc2ccc(F)cc12. The summed E-state index contributed by atoms with van der Waals surface area (Å²) >= 11 is 0. The Balaban J connectivity index is 2.10. The van der Waals surface area contributed by atoms with Gasteiger partial charge in [0.1, 0.15) is 23.6 Å². The molecule has 24 heavy (non-hydrogen) atoms. The quantitative estimate of drug-likeness (QED) is 0.930. The molecular formula is C17H23FN4O2. The number of carbonyl (C=O) groups excluding carboxylic acids is 1. The third-order valence-electron chi connectivity index (χ3n) is 3.51. The summed E-state index contributed by atoms with van der Waals surface area (Å²) in [7, 11) is 1.84. The van der Waals surface area contributed by atoms with Crippen LogP contribution in [0.3, 0.4) is 0 Å². The van der Waals surface area contributed by atoms with E-state index >= 15 is 0 Å². The average Bonchev–Trinajstić information content (AvgIpc) is 2.49. The Morgan fingerprint density at radius 1 is 1.38 bits per heavy atom. The fourth-order valence-electron chi connectivity index (χ4n) is 2.19. The first kappa shape index (κ1) is 17.9. The second kappa shape index (κ2) is 6.98. The van der Waals surface area contributed by atoms with E-state index < -0.39 is 11.7 Å². The van der Waals surface area contributed by atoms with Gasteiger partial charge in [-0.2, -0.15) is 0 Å². The molecule has 0 aliphatic heterocycles. The van der Waals surface area contributed by atoms with E-state index in [0.29, 0.717) is 23.3 Å². The molecule has 0 saturated heterocycles. The number of nitrogens with one attached hydrogen (secondary N) is 1. The summed E-state index contributed by atoms with van der Waals surface area (Å²) in [6.07, 6.45) is 0.974. The van der Waals surface area contributed by atoms with Crippen LogP contribution < -0.4 is 10.2 Å². The molecule has 1 aromatic heterocycles. The smallest absolute Gasteiger partial charge is 0.407 e. The molecule has 1 amide bonds. The number of ether oxygens (including phenoxy) is 1.